The van der Waals surface area contributed by atoms with Gasteiger partial charge in [0.05, 0.1) is 11.3 Å². The fourth-order valence-electron chi connectivity index (χ4n) is 2.31. The van der Waals surface area contributed by atoms with Crippen LogP contribution in [0, 0.1) is 0 Å². The monoisotopic (exact) mass is 343 g/mol. The number of hydrogen-bond acceptors (Lipinski definition) is 4. The average molecular weight is 343 g/mol. The van der Waals surface area contributed by atoms with E-state index in [2.05, 4.69) is 5.32 Å². The van der Waals surface area contributed by atoms with Crippen LogP contribution in [0.4, 0.5) is 5.69 Å². The molecule has 0 spiro atoms. The van der Waals surface area contributed by atoms with Gasteiger partial charge in [-0.3, -0.25) is 4.79 Å². The topological polar surface area (TPSA) is 95.9 Å². The van der Waals surface area contributed by atoms with Crippen LogP contribution in [-0.2, 0) is 4.79 Å². The first-order valence-corrected chi connectivity index (χ1v) is 7.92. The van der Waals surface area contributed by atoms with Gasteiger partial charge in [-0.15, -0.1) is 0 Å². The van der Waals surface area contributed by atoms with E-state index in [0.717, 1.165) is 11.6 Å². The van der Waals surface area contributed by atoms with Gasteiger partial charge in [-0.05, 0) is 42.7 Å². The highest BCUT2D eigenvalue weighted by atomic mass is 16.5. The van der Waals surface area contributed by atoms with Gasteiger partial charge in [-0.1, -0.05) is 32.0 Å². The van der Waals surface area contributed by atoms with Gasteiger partial charge in [0.2, 0.25) is 0 Å². The maximum atomic E-state index is 12.3. The van der Waals surface area contributed by atoms with Crippen LogP contribution >= 0.6 is 0 Å². The Hall–Kier alpha value is -3.02. The highest BCUT2D eigenvalue weighted by molar-refractivity contribution is 5.96. The number of phenolic OH excluding ortho intramolecular Hbond substituents is 1. The van der Waals surface area contributed by atoms with Gasteiger partial charge in [0.25, 0.3) is 5.91 Å². The van der Waals surface area contributed by atoms with Crippen molar-refractivity contribution in [2.45, 2.75) is 32.8 Å². The van der Waals surface area contributed by atoms with Gasteiger partial charge in [0.1, 0.15) is 11.5 Å². The van der Waals surface area contributed by atoms with Crippen molar-refractivity contribution in [3.8, 4) is 11.5 Å². The Labute approximate surface area is 146 Å². The first-order valence-electron chi connectivity index (χ1n) is 7.92. The van der Waals surface area contributed by atoms with Gasteiger partial charge in [-0.25, -0.2) is 4.79 Å². The Kier molecular flexibility index (Phi) is 5.64. The van der Waals surface area contributed by atoms with Crippen LogP contribution < -0.4 is 10.1 Å². The molecule has 2 aromatic rings. The number of aromatic hydroxyl groups is 1. The van der Waals surface area contributed by atoms with Gasteiger partial charge >= 0.3 is 5.97 Å². The number of carboxylic acids is 1. The number of phenols is 1. The van der Waals surface area contributed by atoms with Gasteiger partial charge < -0.3 is 20.3 Å². The summed E-state index contributed by atoms with van der Waals surface area (Å²) in [6.07, 6.45) is -0.793. The Morgan fingerprint density at radius 2 is 1.76 bits per heavy atom. The van der Waals surface area contributed by atoms with Crippen molar-refractivity contribution in [2.75, 3.05) is 5.32 Å². The second kappa shape index (κ2) is 7.70. The largest absolute Gasteiger partial charge is 0.506 e. The summed E-state index contributed by atoms with van der Waals surface area (Å²) in [5, 5.41) is 21.3. The third-order valence-electron chi connectivity index (χ3n) is 3.72. The first kappa shape index (κ1) is 18.3. The maximum absolute atomic E-state index is 12.3. The van der Waals surface area contributed by atoms with Crippen LogP contribution in [0.2, 0.25) is 0 Å². The normalized spacial score (nSPS) is 11.8. The van der Waals surface area contributed by atoms with E-state index in [4.69, 9.17) is 9.84 Å². The Bertz CT molecular complexity index is 785. The number of carbonyl (C=O) groups is 2. The van der Waals surface area contributed by atoms with E-state index < -0.39 is 18.0 Å². The quantitative estimate of drug-likeness (QED) is 0.696. The van der Waals surface area contributed by atoms with Crippen molar-refractivity contribution in [2.24, 2.45) is 0 Å². The van der Waals surface area contributed by atoms with E-state index in [9.17, 15) is 14.7 Å². The molecule has 0 aromatic heterocycles. The standard InChI is InChI=1S/C19H21NO5/c1-11(2)14-6-4-5-7-17(14)25-12(3)18(22)20-15-9-8-13(19(23)24)10-16(15)21/h4-12,21H,1-3H3,(H,20,22)(H,23,24). The number of para-hydroxylation sites is 1. The zero-order valence-electron chi connectivity index (χ0n) is 14.3. The van der Waals surface area contributed by atoms with Crippen molar-refractivity contribution in [3.05, 3.63) is 53.6 Å². The molecule has 0 aliphatic carbocycles. The molecule has 2 rings (SSSR count). The van der Waals surface area contributed by atoms with Crippen LogP contribution in [0.25, 0.3) is 0 Å². The van der Waals surface area contributed by atoms with Crippen molar-refractivity contribution < 1.29 is 24.5 Å². The van der Waals surface area contributed by atoms with Crippen molar-refractivity contribution >= 4 is 17.6 Å². The predicted octanol–water partition coefficient (Wildman–Crippen LogP) is 3.62. The number of benzene rings is 2. The van der Waals surface area contributed by atoms with Crippen LogP contribution in [0.15, 0.2) is 42.5 Å². The summed E-state index contributed by atoms with van der Waals surface area (Å²) < 4.78 is 5.75. The van der Waals surface area contributed by atoms with Crippen molar-refractivity contribution in [1.82, 2.24) is 0 Å². The first-order chi connectivity index (χ1) is 11.8. The number of rotatable bonds is 6. The summed E-state index contributed by atoms with van der Waals surface area (Å²) in [6, 6.07) is 11.2. The minimum Gasteiger partial charge on any atom is -0.506 e. The molecule has 0 saturated heterocycles. The molecule has 3 N–H and O–H groups in total. The zero-order valence-corrected chi connectivity index (χ0v) is 14.3. The maximum Gasteiger partial charge on any atom is 0.335 e. The molecule has 6 heteroatoms. The number of hydrogen-bond donors (Lipinski definition) is 3. The lowest BCUT2D eigenvalue weighted by Gasteiger charge is -2.19. The molecule has 0 aliphatic heterocycles. The smallest absolute Gasteiger partial charge is 0.335 e. The molecule has 0 fully saturated rings. The molecule has 0 saturated carbocycles. The lowest BCUT2D eigenvalue weighted by atomic mass is 10.0. The number of nitrogens with one attached hydrogen (secondary N) is 1. The highest BCUT2D eigenvalue weighted by Crippen LogP contribution is 2.28. The highest BCUT2D eigenvalue weighted by Gasteiger charge is 2.19. The summed E-state index contributed by atoms with van der Waals surface area (Å²) in [5.41, 5.74) is 1.06. The third-order valence-corrected chi connectivity index (χ3v) is 3.72. The number of carboxylic acid groups (broad SMARTS) is 1. The van der Waals surface area contributed by atoms with E-state index in [1.807, 2.05) is 32.0 Å². The van der Waals surface area contributed by atoms with Crippen LogP contribution in [-0.4, -0.2) is 28.2 Å². The molecule has 0 heterocycles. The van der Waals surface area contributed by atoms with Crippen molar-refractivity contribution in [1.29, 1.82) is 0 Å². The molecule has 1 atom stereocenters. The van der Waals surface area contributed by atoms with Crippen molar-refractivity contribution in [3.63, 3.8) is 0 Å². The molecule has 1 amide bonds. The summed E-state index contributed by atoms with van der Waals surface area (Å²) in [4.78, 5) is 23.2. The molecule has 0 aliphatic rings. The van der Waals surface area contributed by atoms with E-state index in [0.29, 0.717) is 5.75 Å². The molecule has 6 nitrogen and oxygen atoms in total. The Morgan fingerprint density at radius 1 is 1.08 bits per heavy atom. The molecular formula is C19H21NO5. The summed E-state index contributed by atoms with van der Waals surface area (Å²) in [6.45, 7) is 5.68. The van der Waals surface area contributed by atoms with Gasteiger partial charge in [0, 0.05) is 0 Å². The number of amides is 1. The molecule has 1 unspecified atom stereocenters. The number of ether oxygens (including phenoxy) is 1. The molecule has 0 radical (unpaired) electrons. The molecule has 0 bridgehead atoms. The lowest BCUT2D eigenvalue weighted by molar-refractivity contribution is -0.122. The summed E-state index contributed by atoms with van der Waals surface area (Å²) >= 11 is 0. The zero-order chi connectivity index (χ0) is 18.6. The predicted molar refractivity (Wildman–Crippen MR) is 94.3 cm³/mol. The molecular weight excluding hydrogens is 322 g/mol. The van der Waals surface area contributed by atoms with Gasteiger partial charge in [-0.2, -0.15) is 0 Å². The Morgan fingerprint density at radius 3 is 2.36 bits per heavy atom. The van der Waals surface area contributed by atoms with E-state index in [1.165, 1.54) is 12.1 Å². The van der Waals surface area contributed by atoms with Gasteiger partial charge in [0.15, 0.2) is 6.10 Å². The number of anilines is 1. The van der Waals surface area contributed by atoms with E-state index in [1.54, 1.807) is 13.0 Å². The minimum atomic E-state index is -1.16. The summed E-state index contributed by atoms with van der Waals surface area (Å²) in [7, 11) is 0. The SMILES string of the molecule is CC(Oc1ccccc1C(C)C)C(=O)Nc1ccc(C(=O)O)cc1O. The summed E-state index contributed by atoms with van der Waals surface area (Å²) in [5.74, 6) is -1.04. The van der Waals surface area contributed by atoms with Crippen LogP contribution in [0.5, 0.6) is 11.5 Å². The molecule has 132 valence electrons. The third kappa shape index (κ3) is 4.50. The second-order valence-electron chi connectivity index (χ2n) is 5.98. The number of aromatic carboxylic acids is 1. The van der Waals surface area contributed by atoms with E-state index >= 15 is 0 Å². The lowest BCUT2D eigenvalue weighted by Crippen LogP contribution is -2.30. The number of carbonyl (C=O) groups excluding carboxylic acids is 1. The van der Waals surface area contributed by atoms with Crippen LogP contribution in [0.3, 0.4) is 0 Å². The molecule has 25 heavy (non-hydrogen) atoms. The minimum absolute atomic E-state index is 0.0642. The Balaban J connectivity index is 2.10. The second-order valence-corrected chi connectivity index (χ2v) is 5.98. The fraction of sp³-hybridized carbons (Fsp3) is 0.263. The van der Waals surface area contributed by atoms with E-state index in [-0.39, 0.29) is 22.9 Å². The average Bonchev–Trinajstić information content (AvgIpc) is 2.56. The molecule has 2 aromatic carbocycles. The fourth-order valence-corrected chi connectivity index (χ4v) is 2.31. The van der Waals surface area contributed by atoms with Crippen LogP contribution in [0.1, 0.15) is 42.6 Å².